The molecule has 1 saturated heterocycles. The minimum Gasteiger partial charge on any atom is -0.336 e. The Balaban J connectivity index is 1.60. The number of thiazole rings is 1. The number of hydrogen-bond acceptors (Lipinski definition) is 4. The Bertz CT molecular complexity index is 590. The number of pyridine rings is 1. The Hall–Kier alpha value is -1.75. The van der Waals surface area contributed by atoms with Crippen LogP contribution in [0.25, 0.3) is 0 Å². The van der Waals surface area contributed by atoms with Crippen LogP contribution in [0.5, 0.6) is 0 Å². The van der Waals surface area contributed by atoms with Crippen LogP contribution in [0.2, 0.25) is 0 Å². The molecule has 0 radical (unpaired) electrons. The lowest BCUT2D eigenvalue weighted by atomic mass is 9.92. The number of rotatable bonds is 4. The standard InChI is InChI=1S/C15H17N3OS/c1-2-3-14-17-13(10-20-14)15(19)18-8-12(9-18)11-4-6-16-7-5-11/h4-7,10,12H,2-3,8-9H2,1H3. The van der Waals surface area contributed by atoms with E-state index in [0.29, 0.717) is 11.6 Å². The van der Waals surface area contributed by atoms with Crippen molar-refractivity contribution in [2.45, 2.75) is 25.7 Å². The lowest BCUT2D eigenvalue weighted by Gasteiger charge is -2.39. The molecule has 0 saturated carbocycles. The molecule has 0 bridgehead atoms. The third-order valence-electron chi connectivity index (χ3n) is 3.58. The van der Waals surface area contributed by atoms with E-state index >= 15 is 0 Å². The molecule has 20 heavy (non-hydrogen) atoms. The third kappa shape index (κ3) is 2.58. The second-order valence-corrected chi connectivity index (χ2v) is 6.01. The minimum absolute atomic E-state index is 0.0638. The topological polar surface area (TPSA) is 46.1 Å². The molecule has 4 nitrogen and oxygen atoms in total. The van der Waals surface area contributed by atoms with Crippen molar-refractivity contribution in [3.8, 4) is 0 Å². The summed E-state index contributed by atoms with van der Waals surface area (Å²) in [5, 5.41) is 2.94. The van der Waals surface area contributed by atoms with Gasteiger partial charge in [0.1, 0.15) is 5.69 Å². The molecule has 0 unspecified atom stereocenters. The fourth-order valence-electron chi connectivity index (χ4n) is 2.39. The molecule has 0 aliphatic carbocycles. The highest BCUT2D eigenvalue weighted by Gasteiger charge is 2.33. The van der Waals surface area contributed by atoms with E-state index in [1.165, 1.54) is 5.56 Å². The maximum atomic E-state index is 12.3. The van der Waals surface area contributed by atoms with Crippen molar-refractivity contribution in [3.05, 3.63) is 46.2 Å². The van der Waals surface area contributed by atoms with Gasteiger partial charge in [-0.15, -0.1) is 11.3 Å². The van der Waals surface area contributed by atoms with Crippen molar-refractivity contribution in [1.82, 2.24) is 14.9 Å². The van der Waals surface area contributed by atoms with Crippen LogP contribution in [0.3, 0.4) is 0 Å². The molecule has 2 aromatic heterocycles. The van der Waals surface area contributed by atoms with Gasteiger partial charge in [0.25, 0.3) is 5.91 Å². The van der Waals surface area contributed by atoms with E-state index in [0.717, 1.165) is 30.9 Å². The maximum absolute atomic E-state index is 12.3. The van der Waals surface area contributed by atoms with Crippen LogP contribution in [0.4, 0.5) is 0 Å². The van der Waals surface area contributed by atoms with E-state index in [1.54, 1.807) is 23.7 Å². The van der Waals surface area contributed by atoms with E-state index in [9.17, 15) is 4.79 Å². The monoisotopic (exact) mass is 287 g/mol. The van der Waals surface area contributed by atoms with Gasteiger partial charge >= 0.3 is 0 Å². The number of carbonyl (C=O) groups excluding carboxylic acids is 1. The first-order valence-corrected chi connectivity index (χ1v) is 7.79. The lowest BCUT2D eigenvalue weighted by molar-refractivity contribution is 0.0597. The predicted octanol–water partition coefficient (Wildman–Crippen LogP) is 2.73. The normalized spacial score (nSPS) is 15.2. The van der Waals surface area contributed by atoms with Crippen molar-refractivity contribution in [2.75, 3.05) is 13.1 Å². The summed E-state index contributed by atoms with van der Waals surface area (Å²) >= 11 is 1.58. The van der Waals surface area contributed by atoms with Crippen LogP contribution in [0.15, 0.2) is 29.9 Å². The molecule has 3 heterocycles. The Morgan fingerprint density at radius 1 is 1.40 bits per heavy atom. The van der Waals surface area contributed by atoms with Crippen molar-refractivity contribution in [3.63, 3.8) is 0 Å². The molecule has 104 valence electrons. The first-order valence-electron chi connectivity index (χ1n) is 6.91. The largest absolute Gasteiger partial charge is 0.336 e. The highest BCUT2D eigenvalue weighted by molar-refractivity contribution is 7.09. The molecular formula is C15H17N3OS. The van der Waals surface area contributed by atoms with Crippen LogP contribution < -0.4 is 0 Å². The summed E-state index contributed by atoms with van der Waals surface area (Å²) in [4.78, 5) is 22.6. The van der Waals surface area contributed by atoms with Gasteiger partial charge in [-0.3, -0.25) is 9.78 Å². The smallest absolute Gasteiger partial charge is 0.273 e. The molecule has 0 aromatic carbocycles. The van der Waals surface area contributed by atoms with E-state index < -0.39 is 0 Å². The van der Waals surface area contributed by atoms with Gasteiger partial charge in [-0.2, -0.15) is 0 Å². The zero-order chi connectivity index (χ0) is 13.9. The predicted molar refractivity (Wildman–Crippen MR) is 79.0 cm³/mol. The maximum Gasteiger partial charge on any atom is 0.273 e. The highest BCUT2D eigenvalue weighted by atomic mass is 32.1. The number of aryl methyl sites for hydroxylation is 1. The molecule has 5 heteroatoms. The Morgan fingerprint density at radius 3 is 2.85 bits per heavy atom. The molecule has 0 atom stereocenters. The van der Waals surface area contributed by atoms with Crippen LogP contribution in [-0.2, 0) is 6.42 Å². The molecule has 1 aliphatic rings. The van der Waals surface area contributed by atoms with Crippen molar-refractivity contribution in [2.24, 2.45) is 0 Å². The summed E-state index contributed by atoms with van der Waals surface area (Å²) < 4.78 is 0. The zero-order valence-corrected chi connectivity index (χ0v) is 12.3. The SMILES string of the molecule is CCCc1nc(C(=O)N2CC(c3ccncc3)C2)cs1. The number of hydrogen-bond donors (Lipinski definition) is 0. The Kier molecular flexibility index (Phi) is 3.78. The Morgan fingerprint density at radius 2 is 2.15 bits per heavy atom. The number of nitrogens with zero attached hydrogens (tertiary/aromatic N) is 3. The average Bonchev–Trinajstić information content (AvgIpc) is 2.87. The average molecular weight is 287 g/mol. The summed E-state index contributed by atoms with van der Waals surface area (Å²) in [6.07, 6.45) is 5.63. The van der Waals surface area contributed by atoms with Crippen LogP contribution >= 0.6 is 11.3 Å². The van der Waals surface area contributed by atoms with Crippen molar-refractivity contribution < 1.29 is 4.79 Å². The van der Waals surface area contributed by atoms with Crippen LogP contribution in [0, 0.1) is 0 Å². The Labute approximate surface area is 122 Å². The van der Waals surface area contributed by atoms with E-state index in [1.807, 2.05) is 22.4 Å². The van der Waals surface area contributed by atoms with Gasteiger partial charge in [-0.1, -0.05) is 6.92 Å². The van der Waals surface area contributed by atoms with Crippen molar-refractivity contribution in [1.29, 1.82) is 0 Å². The van der Waals surface area contributed by atoms with Gasteiger partial charge in [0, 0.05) is 36.8 Å². The summed E-state index contributed by atoms with van der Waals surface area (Å²) in [5.41, 5.74) is 1.86. The summed E-state index contributed by atoms with van der Waals surface area (Å²) in [5.74, 6) is 0.504. The first-order chi connectivity index (χ1) is 9.78. The van der Waals surface area contributed by atoms with Gasteiger partial charge in [-0.05, 0) is 30.5 Å². The van der Waals surface area contributed by atoms with Crippen molar-refractivity contribution >= 4 is 17.2 Å². The minimum atomic E-state index is 0.0638. The summed E-state index contributed by atoms with van der Waals surface area (Å²) in [6.45, 7) is 3.69. The fourth-order valence-corrected chi connectivity index (χ4v) is 3.26. The number of carbonyl (C=O) groups is 1. The van der Waals surface area contributed by atoms with E-state index in [4.69, 9.17) is 0 Å². The van der Waals surface area contributed by atoms with Gasteiger partial charge < -0.3 is 4.90 Å². The van der Waals surface area contributed by atoms with Crippen LogP contribution in [0.1, 0.15) is 40.3 Å². The fraction of sp³-hybridized carbons (Fsp3) is 0.400. The molecule has 1 fully saturated rings. The summed E-state index contributed by atoms with van der Waals surface area (Å²) in [7, 11) is 0. The number of aromatic nitrogens is 2. The lowest BCUT2D eigenvalue weighted by Crippen LogP contribution is -2.48. The second-order valence-electron chi connectivity index (χ2n) is 5.06. The molecule has 1 aliphatic heterocycles. The van der Waals surface area contributed by atoms with Gasteiger partial charge in [0.15, 0.2) is 0 Å². The first kappa shape index (κ1) is 13.2. The quantitative estimate of drug-likeness (QED) is 0.868. The zero-order valence-electron chi connectivity index (χ0n) is 11.5. The summed E-state index contributed by atoms with van der Waals surface area (Å²) in [6, 6.07) is 4.04. The number of amides is 1. The third-order valence-corrected chi connectivity index (χ3v) is 4.49. The molecule has 1 amide bonds. The molecule has 0 N–H and O–H groups in total. The van der Waals surface area contributed by atoms with Gasteiger partial charge in [0.05, 0.1) is 5.01 Å². The molecular weight excluding hydrogens is 270 g/mol. The molecule has 2 aromatic rings. The second kappa shape index (κ2) is 5.71. The van der Waals surface area contributed by atoms with Gasteiger partial charge in [-0.25, -0.2) is 4.98 Å². The molecule has 3 rings (SSSR count). The van der Waals surface area contributed by atoms with E-state index in [-0.39, 0.29) is 5.91 Å². The van der Waals surface area contributed by atoms with Gasteiger partial charge in [0.2, 0.25) is 0 Å². The van der Waals surface area contributed by atoms with E-state index in [2.05, 4.69) is 16.9 Å². The van der Waals surface area contributed by atoms with Crippen LogP contribution in [-0.4, -0.2) is 33.9 Å². The number of likely N-dealkylation sites (tertiary alicyclic amines) is 1. The highest BCUT2D eigenvalue weighted by Crippen LogP contribution is 2.28. The molecule has 0 spiro atoms.